The van der Waals surface area contributed by atoms with Gasteiger partial charge in [-0.25, -0.2) is 0 Å². The van der Waals surface area contributed by atoms with E-state index in [0.717, 1.165) is 41.3 Å². The maximum Gasteiger partial charge on any atom is 0.253 e. The maximum absolute atomic E-state index is 12.3. The Hall–Kier alpha value is -1.61. The van der Waals surface area contributed by atoms with E-state index in [9.17, 15) is 4.79 Å². The standard InChI is InChI=1S/C15H20N2O/c1-11-6-5-8-12-10-13(7-3-4-9-16)15(18)17(2)14(11)12/h5-6,8,10H,3-4,7,9,16H2,1-2H3. The fraction of sp³-hybridized carbons (Fsp3) is 0.400. The summed E-state index contributed by atoms with van der Waals surface area (Å²) in [6, 6.07) is 8.16. The average Bonchev–Trinajstić information content (AvgIpc) is 2.35. The minimum Gasteiger partial charge on any atom is -0.330 e. The van der Waals surface area contributed by atoms with Gasteiger partial charge in [0.05, 0.1) is 5.52 Å². The molecule has 1 aromatic carbocycles. The van der Waals surface area contributed by atoms with Crippen LogP contribution in [-0.2, 0) is 13.5 Å². The van der Waals surface area contributed by atoms with E-state index in [2.05, 4.69) is 6.07 Å². The SMILES string of the molecule is Cc1cccc2cc(CCCCN)c(=O)n(C)c12. The summed E-state index contributed by atoms with van der Waals surface area (Å²) >= 11 is 0. The van der Waals surface area contributed by atoms with E-state index in [1.54, 1.807) is 4.57 Å². The van der Waals surface area contributed by atoms with Crippen LogP contribution >= 0.6 is 0 Å². The van der Waals surface area contributed by atoms with E-state index in [1.165, 1.54) is 0 Å². The summed E-state index contributed by atoms with van der Waals surface area (Å²) < 4.78 is 1.77. The third kappa shape index (κ3) is 2.31. The van der Waals surface area contributed by atoms with Crippen LogP contribution in [0, 0.1) is 6.92 Å². The van der Waals surface area contributed by atoms with Gasteiger partial charge in [-0.05, 0) is 49.7 Å². The number of nitrogens with two attached hydrogens (primary N) is 1. The summed E-state index contributed by atoms with van der Waals surface area (Å²) in [7, 11) is 1.85. The maximum atomic E-state index is 12.3. The molecule has 0 aliphatic heterocycles. The van der Waals surface area contributed by atoms with E-state index >= 15 is 0 Å². The lowest BCUT2D eigenvalue weighted by Crippen LogP contribution is -2.22. The van der Waals surface area contributed by atoms with Crippen molar-refractivity contribution in [1.82, 2.24) is 4.57 Å². The summed E-state index contributed by atoms with van der Waals surface area (Å²) in [5, 5.41) is 1.14. The molecule has 0 radical (unpaired) electrons. The Morgan fingerprint density at radius 2 is 2.06 bits per heavy atom. The van der Waals surface area contributed by atoms with Gasteiger partial charge in [-0.3, -0.25) is 4.79 Å². The zero-order chi connectivity index (χ0) is 13.1. The van der Waals surface area contributed by atoms with E-state index in [-0.39, 0.29) is 5.56 Å². The van der Waals surface area contributed by atoms with Crippen molar-refractivity contribution in [3.05, 3.63) is 45.7 Å². The number of para-hydroxylation sites is 1. The van der Waals surface area contributed by atoms with Crippen molar-refractivity contribution >= 4 is 10.9 Å². The molecule has 2 rings (SSSR count). The van der Waals surface area contributed by atoms with Gasteiger partial charge in [0.1, 0.15) is 0 Å². The largest absolute Gasteiger partial charge is 0.330 e. The van der Waals surface area contributed by atoms with Crippen molar-refractivity contribution in [3.8, 4) is 0 Å². The number of unbranched alkanes of at least 4 members (excludes halogenated alkanes) is 1. The van der Waals surface area contributed by atoms with Gasteiger partial charge in [-0.1, -0.05) is 18.2 Å². The number of benzene rings is 1. The van der Waals surface area contributed by atoms with Crippen molar-refractivity contribution in [1.29, 1.82) is 0 Å². The number of aryl methyl sites for hydroxylation is 3. The first kappa shape index (κ1) is 12.8. The van der Waals surface area contributed by atoms with Crippen LogP contribution in [-0.4, -0.2) is 11.1 Å². The van der Waals surface area contributed by atoms with Crippen LogP contribution in [0.1, 0.15) is 24.0 Å². The van der Waals surface area contributed by atoms with E-state index in [1.807, 2.05) is 32.2 Å². The molecule has 96 valence electrons. The zero-order valence-electron chi connectivity index (χ0n) is 11.1. The summed E-state index contributed by atoms with van der Waals surface area (Å²) in [6.07, 6.45) is 2.76. The number of rotatable bonds is 4. The second kappa shape index (κ2) is 5.36. The molecule has 3 nitrogen and oxygen atoms in total. The topological polar surface area (TPSA) is 48.0 Å². The molecule has 0 fully saturated rings. The number of pyridine rings is 1. The summed E-state index contributed by atoms with van der Waals surface area (Å²) in [5.41, 5.74) is 8.67. The molecule has 0 aliphatic carbocycles. The predicted octanol–water partition coefficient (Wildman–Crippen LogP) is 2.13. The molecule has 1 aromatic heterocycles. The quantitative estimate of drug-likeness (QED) is 0.838. The molecule has 2 aromatic rings. The smallest absolute Gasteiger partial charge is 0.253 e. The lowest BCUT2D eigenvalue weighted by Gasteiger charge is -2.10. The van der Waals surface area contributed by atoms with E-state index in [0.29, 0.717) is 6.54 Å². The first-order chi connectivity index (χ1) is 8.65. The lowest BCUT2D eigenvalue weighted by molar-refractivity contribution is 0.732. The Balaban J connectivity index is 2.51. The Kier molecular flexibility index (Phi) is 3.82. The fourth-order valence-corrected chi connectivity index (χ4v) is 2.46. The van der Waals surface area contributed by atoms with Crippen LogP contribution in [0.3, 0.4) is 0 Å². The first-order valence-corrected chi connectivity index (χ1v) is 6.43. The molecule has 3 heteroatoms. The minimum atomic E-state index is 0.119. The van der Waals surface area contributed by atoms with Gasteiger partial charge in [-0.2, -0.15) is 0 Å². The third-order valence-corrected chi connectivity index (χ3v) is 3.41. The Labute approximate surface area is 107 Å². The molecule has 0 saturated heterocycles. The first-order valence-electron chi connectivity index (χ1n) is 6.43. The number of fused-ring (bicyclic) bond motifs is 1. The highest BCUT2D eigenvalue weighted by Gasteiger charge is 2.07. The van der Waals surface area contributed by atoms with Crippen molar-refractivity contribution in [2.75, 3.05) is 6.54 Å². The number of aromatic nitrogens is 1. The molecule has 1 heterocycles. The molecule has 0 saturated carbocycles. The van der Waals surface area contributed by atoms with Crippen LogP contribution < -0.4 is 11.3 Å². The normalized spacial score (nSPS) is 11.1. The Morgan fingerprint density at radius 1 is 1.28 bits per heavy atom. The van der Waals surface area contributed by atoms with Crippen LogP contribution in [0.25, 0.3) is 10.9 Å². The highest BCUT2D eigenvalue weighted by Crippen LogP contribution is 2.17. The minimum absolute atomic E-state index is 0.119. The van der Waals surface area contributed by atoms with Crippen LogP contribution in [0.5, 0.6) is 0 Å². The van der Waals surface area contributed by atoms with Gasteiger partial charge < -0.3 is 10.3 Å². The van der Waals surface area contributed by atoms with E-state index < -0.39 is 0 Å². The second-order valence-electron chi connectivity index (χ2n) is 4.79. The summed E-state index contributed by atoms with van der Waals surface area (Å²) in [4.78, 5) is 12.3. The zero-order valence-corrected chi connectivity index (χ0v) is 11.1. The molecule has 0 aliphatic rings. The molecule has 18 heavy (non-hydrogen) atoms. The fourth-order valence-electron chi connectivity index (χ4n) is 2.46. The molecular weight excluding hydrogens is 224 g/mol. The highest BCUT2D eigenvalue weighted by molar-refractivity contribution is 5.82. The van der Waals surface area contributed by atoms with Crippen LogP contribution in [0.4, 0.5) is 0 Å². The Bertz CT molecular complexity index is 614. The monoisotopic (exact) mass is 244 g/mol. The van der Waals surface area contributed by atoms with Gasteiger partial charge >= 0.3 is 0 Å². The van der Waals surface area contributed by atoms with Crippen LogP contribution in [0.15, 0.2) is 29.1 Å². The molecule has 2 N–H and O–H groups in total. The van der Waals surface area contributed by atoms with Gasteiger partial charge in [-0.15, -0.1) is 0 Å². The molecule has 0 spiro atoms. The summed E-state index contributed by atoms with van der Waals surface area (Å²) in [5.74, 6) is 0. The predicted molar refractivity (Wildman–Crippen MR) is 75.9 cm³/mol. The van der Waals surface area contributed by atoms with Crippen LogP contribution in [0.2, 0.25) is 0 Å². The molecular formula is C15H20N2O. The molecule has 0 bridgehead atoms. The third-order valence-electron chi connectivity index (χ3n) is 3.41. The van der Waals surface area contributed by atoms with Gasteiger partial charge in [0.2, 0.25) is 0 Å². The number of hydrogen-bond acceptors (Lipinski definition) is 2. The molecule has 0 atom stereocenters. The number of nitrogens with zero attached hydrogens (tertiary/aromatic N) is 1. The van der Waals surface area contributed by atoms with Crippen molar-refractivity contribution in [3.63, 3.8) is 0 Å². The Morgan fingerprint density at radius 3 is 2.78 bits per heavy atom. The van der Waals surface area contributed by atoms with Gasteiger partial charge in [0.15, 0.2) is 0 Å². The summed E-state index contributed by atoms with van der Waals surface area (Å²) in [6.45, 7) is 2.73. The second-order valence-corrected chi connectivity index (χ2v) is 4.79. The van der Waals surface area contributed by atoms with Gasteiger partial charge in [0.25, 0.3) is 5.56 Å². The van der Waals surface area contributed by atoms with Crippen molar-refractivity contribution < 1.29 is 0 Å². The average molecular weight is 244 g/mol. The number of hydrogen-bond donors (Lipinski definition) is 1. The van der Waals surface area contributed by atoms with E-state index in [4.69, 9.17) is 5.73 Å². The lowest BCUT2D eigenvalue weighted by atomic mass is 10.0. The van der Waals surface area contributed by atoms with Crippen molar-refractivity contribution in [2.24, 2.45) is 12.8 Å². The highest BCUT2D eigenvalue weighted by atomic mass is 16.1. The van der Waals surface area contributed by atoms with Gasteiger partial charge in [0, 0.05) is 12.6 Å². The van der Waals surface area contributed by atoms with Crippen molar-refractivity contribution in [2.45, 2.75) is 26.2 Å². The molecule has 0 unspecified atom stereocenters. The molecule has 0 amide bonds.